The molecule has 1 saturated carbocycles. The molecular formula is C12H22N2O. The molecule has 86 valence electrons. The van der Waals surface area contributed by atoms with E-state index in [9.17, 15) is 4.79 Å². The highest BCUT2D eigenvalue weighted by atomic mass is 16.1. The molecular weight excluding hydrogens is 188 g/mol. The molecule has 1 N–H and O–H groups in total. The quantitative estimate of drug-likeness (QED) is 0.760. The number of nitrogens with one attached hydrogen (secondary N) is 1. The standard InChI is InChI=1S/C12H22N2O/c1-10(15)13-9-12(11-5-6-11)14-7-3-2-4-8-14/h11-12H,2-9H2,1H3,(H,13,15). The first-order chi connectivity index (χ1) is 7.27. The Morgan fingerprint density at radius 2 is 2.00 bits per heavy atom. The van der Waals surface area contributed by atoms with Gasteiger partial charge in [-0.3, -0.25) is 9.69 Å². The summed E-state index contributed by atoms with van der Waals surface area (Å²) >= 11 is 0. The molecule has 0 aromatic rings. The SMILES string of the molecule is CC(=O)NCC(C1CC1)N1CCCCC1. The zero-order valence-electron chi connectivity index (χ0n) is 9.67. The van der Waals surface area contributed by atoms with Crippen LogP contribution in [0.3, 0.4) is 0 Å². The van der Waals surface area contributed by atoms with Crippen LogP contribution in [-0.4, -0.2) is 36.5 Å². The van der Waals surface area contributed by atoms with E-state index in [4.69, 9.17) is 0 Å². The first kappa shape index (κ1) is 10.9. The van der Waals surface area contributed by atoms with E-state index in [1.807, 2.05) is 0 Å². The molecule has 1 amide bonds. The average molecular weight is 210 g/mol. The van der Waals surface area contributed by atoms with E-state index in [1.165, 1.54) is 45.2 Å². The third-order valence-corrected chi connectivity index (χ3v) is 3.59. The largest absolute Gasteiger partial charge is 0.355 e. The monoisotopic (exact) mass is 210 g/mol. The first-order valence-corrected chi connectivity index (χ1v) is 6.26. The Hall–Kier alpha value is -0.570. The Balaban J connectivity index is 1.83. The van der Waals surface area contributed by atoms with Gasteiger partial charge >= 0.3 is 0 Å². The van der Waals surface area contributed by atoms with Gasteiger partial charge in [-0.05, 0) is 44.7 Å². The summed E-state index contributed by atoms with van der Waals surface area (Å²) in [6, 6.07) is 0.620. The van der Waals surface area contributed by atoms with Crippen molar-refractivity contribution >= 4 is 5.91 Å². The normalized spacial score (nSPS) is 24.9. The van der Waals surface area contributed by atoms with Crippen molar-refractivity contribution in [2.75, 3.05) is 19.6 Å². The van der Waals surface area contributed by atoms with Crippen LogP contribution in [0, 0.1) is 5.92 Å². The van der Waals surface area contributed by atoms with Gasteiger partial charge in [0.05, 0.1) is 0 Å². The molecule has 1 aliphatic carbocycles. The van der Waals surface area contributed by atoms with Crippen LogP contribution in [0.2, 0.25) is 0 Å². The molecule has 1 unspecified atom stereocenters. The number of likely N-dealkylation sites (tertiary alicyclic amines) is 1. The van der Waals surface area contributed by atoms with Crippen molar-refractivity contribution in [3.63, 3.8) is 0 Å². The van der Waals surface area contributed by atoms with E-state index in [0.717, 1.165) is 12.5 Å². The molecule has 1 heterocycles. The average Bonchev–Trinajstić information content (AvgIpc) is 3.03. The van der Waals surface area contributed by atoms with Crippen molar-refractivity contribution in [2.24, 2.45) is 5.92 Å². The van der Waals surface area contributed by atoms with Crippen LogP contribution < -0.4 is 5.32 Å². The fraction of sp³-hybridized carbons (Fsp3) is 0.917. The minimum absolute atomic E-state index is 0.109. The highest BCUT2D eigenvalue weighted by Crippen LogP contribution is 2.36. The van der Waals surface area contributed by atoms with Crippen molar-refractivity contribution < 1.29 is 4.79 Å². The molecule has 1 aliphatic heterocycles. The lowest BCUT2D eigenvalue weighted by atomic mass is 10.1. The molecule has 3 nitrogen and oxygen atoms in total. The second-order valence-corrected chi connectivity index (χ2v) is 4.94. The number of rotatable bonds is 4. The molecule has 0 aromatic heterocycles. The predicted octanol–water partition coefficient (Wildman–Crippen LogP) is 1.39. The first-order valence-electron chi connectivity index (χ1n) is 6.26. The Morgan fingerprint density at radius 1 is 1.33 bits per heavy atom. The Labute approximate surface area is 92.2 Å². The van der Waals surface area contributed by atoms with Crippen LogP contribution in [0.15, 0.2) is 0 Å². The summed E-state index contributed by atoms with van der Waals surface area (Å²) in [6.45, 7) is 4.95. The van der Waals surface area contributed by atoms with Crippen LogP contribution in [0.5, 0.6) is 0 Å². The van der Waals surface area contributed by atoms with E-state index < -0.39 is 0 Å². The highest BCUT2D eigenvalue weighted by Gasteiger charge is 2.35. The van der Waals surface area contributed by atoms with Crippen LogP contribution in [0.4, 0.5) is 0 Å². The maximum Gasteiger partial charge on any atom is 0.216 e. The van der Waals surface area contributed by atoms with Crippen molar-refractivity contribution in [3.8, 4) is 0 Å². The molecule has 3 heteroatoms. The summed E-state index contributed by atoms with van der Waals surface area (Å²) in [4.78, 5) is 13.5. The van der Waals surface area contributed by atoms with E-state index in [1.54, 1.807) is 6.92 Å². The summed E-state index contributed by atoms with van der Waals surface area (Å²) in [7, 11) is 0. The Morgan fingerprint density at radius 3 is 2.53 bits per heavy atom. The lowest BCUT2D eigenvalue weighted by molar-refractivity contribution is -0.119. The van der Waals surface area contributed by atoms with Crippen molar-refractivity contribution in [3.05, 3.63) is 0 Å². The van der Waals surface area contributed by atoms with Gasteiger partial charge in [0.1, 0.15) is 0 Å². The van der Waals surface area contributed by atoms with Gasteiger partial charge in [0.15, 0.2) is 0 Å². The smallest absolute Gasteiger partial charge is 0.216 e. The zero-order valence-corrected chi connectivity index (χ0v) is 9.67. The lowest BCUT2D eigenvalue weighted by Gasteiger charge is -2.34. The molecule has 0 spiro atoms. The van der Waals surface area contributed by atoms with Crippen LogP contribution >= 0.6 is 0 Å². The van der Waals surface area contributed by atoms with Gasteiger partial charge in [-0.25, -0.2) is 0 Å². The third-order valence-electron chi connectivity index (χ3n) is 3.59. The van der Waals surface area contributed by atoms with Crippen molar-refractivity contribution in [1.82, 2.24) is 10.2 Å². The molecule has 2 aliphatic rings. The summed E-state index contributed by atoms with van der Waals surface area (Å²) in [5.41, 5.74) is 0. The van der Waals surface area contributed by atoms with E-state index in [-0.39, 0.29) is 5.91 Å². The van der Waals surface area contributed by atoms with Gasteiger partial charge in [0, 0.05) is 19.5 Å². The van der Waals surface area contributed by atoms with E-state index in [2.05, 4.69) is 10.2 Å². The van der Waals surface area contributed by atoms with E-state index >= 15 is 0 Å². The van der Waals surface area contributed by atoms with Crippen molar-refractivity contribution in [2.45, 2.75) is 45.1 Å². The van der Waals surface area contributed by atoms with Gasteiger partial charge in [0.25, 0.3) is 0 Å². The van der Waals surface area contributed by atoms with E-state index in [0.29, 0.717) is 6.04 Å². The van der Waals surface area contributed by atoms with Gasteiger partial charge in [-0.15, -0.1) is 0 Å². The summed E-state index contributed by atoms with van der Waals surface area (Å²) in [6.07, 6.45) is 6.78. The molecule has 2 rings (SSSR count). The number of piperidine rings is 1. The van der Waals surface area contributed by atoms with Gasteiger partial charge in [-0.1, -0.05) is 6.42 Å². The molecule has 1 atom stereocenters. The fourth-order valence-corrected chi connectivity index (χ4v) is 2.57. The summed E-state index contributed by atoms with van der Waals surface area (Å²) in [5, 5.41) is 2.98. The third kappa shape index (κ3) is 3.20. The molecule has 15 heavy (non-hydrogen) atoms. The summed E-state index contributed by atoms with van der Waals surface area (Å²) in [5.74, 6) is 0.965. The molecule has 1 saturated heterocycles. The van der Waals surface area contributed by atoms with Crippen LogP contribution in [0.1, 0.15) is 39.0 Å². The molecule has 2 fully saturated rings. The highest BCUT2D eigenvalue weighted by molar-refractivity contribution is 5.72. The number of amides is 1. The summed E-state index contributed by atoms with van der Waals surface area (Å²) < 4.78 is 0. The van der Waals surface area contributed by atoms with Crippen LogP contribution in [-0.2, 0) is 4.79 Å². The minimum Gasteiger partial charge on any atom is -0.355 e. The topological polar surface area (TPSA) is 32.3 Å². The molecule has 0 radical (unpaired) electrons. The van der Waals surface area contributed by atoms with Gasteiger partial charge in [0.2, 0.25) is 5.91 Å². The second kappa shape index (κ2) is 4.97. The second-order valence-electron chi connectivity index (χ2n) is 4.94. The maximum absolute atomic E-state index is 10.9. The fourth-order valence-electron chi connectivity index (χ4n) is 2.57. The Bertz CT molecular complexity index is 220. The minimum atomic E-state index is 0.109. The lowest BCUT2D eigenvalue weighted by Crippen LogP contribution is -2.47. The zero-order chi connectivity index (χ0) is 10.7. The van der Waals surface area contributed by atoms with Crippen molar-refractivity contribution in [1.29, 1.82) is 0 Å². The number of hydrogen-bond donors (Lipinski definition) is 1. The predicted molar refractivity (Wildman–Crippen MR) is 60.6 cm³/mol. The molecule has 0 aromatic carbocycles. The Kier molecular flexibility index (Phi) is 3.62. The molecule has 0 bridgehead atoms. The number of carbonyl (C=O) groups is 1. The van der Waals surface area contributed by atoms with Crippen LogP contribution in [0.25, 0.3) is 0 Å². The van der Waals surface area contributed by atoms with Gasteiger partial charge in [-0.2, -0.15) is 0 Å². The van der Waals surface area contributed by atoms with Gasteiger partial charge < -0.3 is 5.32 Å². The number of nitrogens with zero attached hydrogens (tertiary/aromatic N) is 1. The maximum atomic E-state index is 10.9. The number of carbonyl (C=O) groups excluding carboxylic acids is 1. The number of hydrogen-bond acceptors (Lipinski definition) is 2.